The Hall–Kier alpha value is -1.31. The molecule has 6 nitrogen and oxygen atoms in total. The number of hydrazine groups is 1. The number of carbonyl (C=O) groups is 1. The molecule has 1 amide bonds. The minimum Gasteiger partial charge on any atom is -0.452 e. The van der Waals surface area contributed by atoms with Gasteiger partial charge in [-0.2, -0.15) is 0 Å². The van der Waals surface area contributed by atoms with Gasteiger partial charge in [0.15, 0.2) is 0 Å². The Morgan fingerprint density at radius 3 is 2.47 bits per heavy atom. The van der Waals surface area contributed by atoms with Gasteiger partial charge in [0.2, 0.25) is 0 Å². The van der Waals surface area contributed by atoms with E-state index >= 15 is 0 Å². The van der Waals surface area contributed by atoms with Gasteiger partial charge in [0.05, 0.1) is 12.0 Å². The minimum atomic E-state index is -3.79. The topological polar surface area (TPSA) is 84.5 Å². The molecule has 19 heavy (non-hydrogen) atoms. The van der Waals surface area contributed by atoms with E-state index in [4.69, 9.17) is 11.6 Å². The molecular weight excluding hydrogens is 292 g/mol. The molecule has 0 aromatic heterocycles. The van der Waals surface area contributed by atoms with Crippen LogP contribution < -0.4 is 10.3 Å². The second-order valence-corrected chi connectivity index (χ2v) is 5.72. The maximum atomic E-state index is 11.8. The summed E-state index contributed by atoms with van der Waals surface area (Å²) in [6.07, 6.45) is 0.732. The molecule has 0 unspecified atom stereocenters. The highest BCUT2D eigenvalue weighted by Crippen LogP contribution is 2.11. The molecule has 1 aromatic carbocycles. The predicted molar refractivity (Wildman–Crippen MR) is 71.3 cm³/mol. The Labute approximate surface area is 117 Å². The number of halogens is 1. The van der Waals surface area contributed by atoms with Crippen molar-refractivity contribution in [3.63, 3.8) is 0 Å². The largest absolute Gasteiger partial charge is 0.452 e. The second kappa shape index (κ2) is 7.32. The molecule has 0 saturated carbocycles. The summed E-state index contributed by atoms with van der Waals surface area (Å²) >= 11 is 5.58. The maximum Gasteiger partial charge on any atom is 0.422 e. The van der Waals surface area contributed by atoms with Crippen molar-refractivity contribution in [1.82, 2.24) is 10.3 Å². The molecule has 0 saturated heterocycles. The van der Waals surface area contributed by atoms with Crippen LogP contribution in [0.25, 0.3) is 0 Å². The normalized spacial score (nSPS) is 11.1. The van der Waals surface area contributed by atoms with Crippen molar-refractivity contribution in [3.05, 3.63) is 29.8 Å². The molecular formula is C11H15ClN2O4S. The summed E-state index contributed by atoms with van der Waals surface area (Å²) in [6, 6.07) is 6.34. The van der Waals surface area contributed by atoms with Gasteiger partial charge in [-0.05, 0) is 30.5 Å². The van der Waals surface area contributed by atoms with E-state index in [2.05, 4.69) is 4.74 Å². The molecule has 0 bridgehead atoms. The number of rotatable bonds is 6. The highest BCUT2D eigenvalue weighted by atomic mass is 35.5. The Balaban J connectivity index is 2.70. The van der Waals surface area contributed by atoms with E-state index in [0.717, 1.165) is 25.5 Å². The first-order valence-electron chi connectivity index (χ1n) is 5.50. The van der Waals surface area contributed by atoms with Crippen LogP contribution in [-0.2, 0) is 21.2 Å². The number of amides is 1. The zero-order valence-corrected chi connectivity index (χ0v) is 11.9. The molecule has 106 valence electrons. The SMILES string of the molecule is COC(=O)NNS(=O)(=O)c1ccc(CCCCl)cc1. The lowest BCUT2D eigenvalue weighted by Crippen LogP contribution is -2.41. The fraction of sp³-hybridized carbons (Fsp3) is 0.364. The minimum absolute atomic E-state index is 0.0542. The molecule has 2 N–H and O–H groups in total. The fourth-order valence-electron chi connectivity index (χ4n) is 1.33. The number of ether oxygens (including phenoxy) is 1. The van der Waals surface area contributed by atoms with Crippen LogP contribution in [0.3, 0.4) is 0 Å². The van der Waals surface area contributed by atoms with E-state index in [1.165, 1.54) is 12.1 Å². The number of methoxy groups -OCH3 is 1. The molecule has 0 fully saturated rings. The number of hydrogen-bond acceptors (Lipinski definition) is 4. The molecule has 0 aliphatic carbocycles. The molecule has 0 atom stereocenters. The van der Waals surface area contributed by atoms with Crippen molar-refractivity contribution in [1.29, 1.82) is 0 Å². The van der Waals surface area contributed by atoms with E-state index in [-0.39, 0.29) is 4.90 Å². The Morgan fingerprint density at radius 1 is 1.32 bits per heavy atom. The molecule has 0 heterocycles. The zero-order chi connectivity index (χ0) is 14.3. The number of alkyl halides is 1. The molecule has 0 aliphatic rings. The van der Waals surface area contributed by atoms with Gasteiger partial charge in [-0.15, -0.1) is 16.4 Å². The lowest BCUT2D eigenvalue weighted by atomic mass is 10.1. The van der Waals surface area contributed by atoms with Crippen LogP contribution in [0.2, 0.25) is 0 Å². The first kappa shape index (κ1) is 15.7. The number of hydrogen-bond donors (Lipinski definition) is 2. The lowest BCUT2D eigenvalue weighted by Gasteiger charge is -2.08. The highest BCUT2D eigenvalue weighted by Gasteiger charge is 2.14. The van der Waals surface area contributed by atoms with Crippen LogP contribution in [0, 0.1) is 0 Å². The average molecular weight is 307 g/mol. The number of nitrogens with one attached hydrogen (secondary N) is 2. The second-order valence-electron chi connectivity index (χ2n) is 3.66. The molecule has 1 aromatic rings. The summed E-state index contributed by atoms with van der Waals surface area (Å²) in [6.45, 7) is 0. The van der Waals surface area contributed by atoms with Crippen LogP contribution in [0.4, 0.5) is 4.79 Å². The third-order valence-electron chi connectivity index (χ3n) is 2.31. The van der Waals surface area contributed by atoms with Gasteiger partial charge < -0.3 is 4.74 Å². The Bertz CT molecular complexity index is 516. The van der Waals surface area contributed by atoms with Crippen LogP contribution in [0.15, 0.2) is 29.2 Å². The van der Waals surface area contributed by atoms with Crippen LogP contribution in [0.1, 0.15) is 12.0 Å². The summed E-state index contributed by atoms with van der Waals surface area (Å²) in [5.41, 5.74) is 2.90. The van der Waals surface area contributed by atoms with Crippen LogP contribution in [0.5, 0.6) is 0 Å². The smallest absolute Gasteiger partial charge is 0.422 e. The first-order chi connectivity index (χ1) is 8.99. The third-order valence-corrected chi connectivity index (χ3v) is 3.84. The molecule has 1 rings (SSSR count). The average Bonchev–Trinajstić information content (AvgIpc) is 2.43. The van der Waals surface area contributed by atoms with Gasteiger partial charge in [0.25, 0.3) is 10.0 Å². The van der Waals surface area contributed by atoms with E-state index in [1.54, 1.807) is 12.1 Å². The van der Waals surface area contributed by atoms with Gasteiger partial charge in [0.1, 0.15) is 0 Å². The highest BCUT2D eigenvalue weighted by molar-refractivity contribution is 7.89. The van der Waals surface area contributed by atoms with Crippen molar-refractivity contribution in [2.45, 2.75) is 17.7 Å². The Kier molecular flexibility index (Phi) is 6.07. The van der Waals surface area contributed by atoms with Crippen molar-refractivity contribution in [3.8, 4) is 0 Å². The van der Waals surface area contributed by atoms with E-state index in [1.807, 2.05) is 10.3 Å². The van der Waals surface area contributed by atoms with E-state index in [9.17, 15) is 13.2 Å². The van der Waals surface area contributed by atoms with Crippen molar-refractivity contribution < 1.29 is 17.9 Å². The number of carbonyl (C=O) groups excluding carboxylic acids is 1. The number of aryl methyl sites for hydroxylation is 1. The van der Waals surface area contributed by atoms with Crippen molar-refractivity contribution in [2.24, 2.45) is 0 Å². The molecule has 0 aliphatic heterocycles. The monoisotopic (exact) mass is 306 g/mol. The maximum absolute atomic E-state index is 11.8. The third kappa shape index (κ3) is 5.06. The van der Waals surface area contributed by atoms with Gasteiger partial charge in [-0.25, -0.2) is 18.6 Å². The summed E-state index contributed by atoms with van der Waals surface area (Å²) in [5, 5.41) is 0. The summed E-state index contributed by atoms with van der Waals surface area (Å²) in [7, 11) is -2.66. The standard InChI is InChI=1S/C11H15ClN2O4S/c1-18-11(15)13-14-19(16,17)10-6-4-9(5-7-10)3-2-8-12/h4-7,14H,2-3,8H2,1H3,(H,13,15). The Morgan fingerprint density at radius 2 is 1.95 bits per heavy atom. The number of sulfonamides is 1. The van der Waals surface area contributed by atoms with Gasteiger partial charge in [-0.3, -0.25) is 0 Å². The van der Waals surface area contributed by atoms with E-state index in [0.29, 0.717) is 5.88 Å². The summed E-state index contributed by atoms with van der Waals surface area (Å²) in [5.74, 6) is 0.560. The van der Waals surface area contributed by atoms with Gasteiger partial charge in [-0.1, -0.05) is 12.1 Å². The summed E-state index contributed by atoms with van der Waals surface area (Å²) < 4.78 is 27.8. The molecule has 0 spiro atoms. The number of benzene rings is 1. The van der Waals surface area contributed by atoms with E-state index < -0.39 is 16.1 Å². The fourth-order valence-corrected chi connectivity index (χ4v) is 2.29. The van der Waals surface area contributed by atoms with Crippen molar-refractivity contribution in [2.75, 3.05) is 13.0 Å². The van der Waals surface area contributed by atoms with Crippen LogP contribution in [-0.4, -0.2) is 27.5 Å². The van der Waals surface area contributed by atoms with Gasteiger partial charge >= 0.3 is 6.09 Å². The first-order valence-corrected chi connectivity index (χ1v) is 7.52. The lowest BCUT2D eigenvalue weighted by molar-refractivity contribution is 0.169. The van der Waals surface area contributed by atoms with Gasteiger partial charge in [0, 0.05) is 5.88 Å². The summed E-state index contributed by atoms with van der Waals surface area (Å²) in [4.78, 5) is 12.8. The predicted octanol–water partition coefficient (Wildman–Crippen LogP) is 1.41. The molecule has 8 heteroatoms. The quantitative estimate of drug-likeness (QED) is 0.615. The van der Waals surface area contributed by atoms with Crippen molar-refractivity contribution >= 4 is 27.7 Å². The zero-order valence-electron chi connectivity index (χ0n) is 10.3. The van der Waals surface area contributed by atoms with Crippen LogP contribution >= 0.6 is 11.6 Å². The molecule has 0 radical (unpaired) electrons.